The molecule has 7 heteroatoms. The van der Waals surface area contributed by atoms with Crippen LogP contribution in [0.4, 0.5) is 10.1 Å². The first-order valence-electron chi connectivity index (χ1n) is 9.28. The number of hydrogen-bond acceptors (Lipinski definition) is 4. The van der Waals surface area contributed by atoms with Crippen molar-refractivity contribution in [2.45, 2.75) is 6.42 Å². The Balaban J connectivity index is 1.44. The Bertz CT molecular complexity index is 835. The smallest absolute Gasteiger partial charge is 0.254 e. The van der Waals surface area contributed by atoms with Crippen molar-refractivity contribution in [1.82, 2.24) is 10.2 Å². The Labute approximate surface area is 163 Å². The second-order valence-corrected chi connectivity index (χ2v) is 6.56. The highest BCUT2D eigenvalue weighted by Gasteiger charge is 2.21. The van der Waals surface area contributed by atoms with Crippen LogP contribution in [0, 0.1) is 5.82 Å². The van der Waals surface area contributed by atoms with E-state index in [2.05, 4.69) is 10.2 Å². The molecule has 1 N–H and O–H groups in total. The highest BCUT2D eigenvalue weighted by molar-refractivity contribution is 5.94. The zero-order valence-corrected chi connectivity index (χ0v) is 15.9. The molecule has 0 atom stereocenters. The molecule has 0 radical (unpaired) electrons. The summed E-state index contributed by atoms with van der Waals surface area (Å²) >= 11 is 0. The number of amides is 2. The molecule has 1 heterocycles. The number of halogens is 1. The van der Waals surface area contributed by atoms with Gasteiger partial charge in [0.2, 0.25) is 5.91 Å². The maximum Gasteiger partial charge on any atom is 0.254 e. The van der Waals surface area contributed by atoms with E-state index in [9.17, 15) is 14.0 Å². The first-order chi connectivity index (χ1) is 13.6. The topological polar surface area (TPSA) is 61.9 Å². The van der Waals surface area contributed by atoms with Gasteiger partial charge in [0.1, 0.15) is 11.6 Å². The molecule has 1 aliphatic rings. The molecule has 0 unspecified atom stereocenters. The van der Waals surface area contributed by atoms with E-state index in [0.29, 0.717) is 13.1 Å². The third kappa shape index (κ3) is 4.79. The van der Waals surface area contributed by atoms with Gasteiger partial charge in [-0.25, -0.2) is 4.39 Å². The van der Waals surface area contributed by atoms with Crippen LogP contribution in [-0.4, -0.2) is 56.5 Å². The molecule has 0 aliphatic carbocycles. The summed E-state index contributed by atoms with van der Waals surface area (Å²) < 4.78 is 18.9. The largest absolute Gasteiger partial charge is 0.497 e. The molecule has 6 nitrogen and oxygen atoms in total. The summed E-state index contributed by atoms with van der Waals surface area (Å²) in [7, 11) is 1.64. The average molecular weight is 385 g/mol. The van der Waals surface area contributed by atoms with E-state index in [1.54, 1.807) is 18.1 Å². The molecule has 0 aromatic heterocycles. The maximum absolute atomic E-state index is 13.6. The zero-order valence-electron chi connectivity index (χ0n) is 15.9. The quantitative estimate of drug-likeness (QED) is 0.829. The predicted molar refractivity (Wildman–Crippen MR) is 105 cm³/mol. The van der Waals surface area contributed by atoms with Gasteiger partial charge in [-0.1, -0.05) is 18.2 Å². The average Bonchev–Trinajstić information content (AvgIpc) is 2.74. The van der Waals surface area contributed by atoms with Gasteiger partial charge in [-0.05, 0) is 24.3 Å². The van der Waals surface area contributed by atoms with Crippen molar-refractivity contribution in [1.29, 1.82) is 0 Å². The van der Waals surface area contributed by atoms with Crippen LogP contribution in [0.3, 0.4) is 0 Å². The molecule has 28 heavy (non-hydrogen) atoms. The SMILES string of the molecule is COc1cccc(N2CCN(C(=O)CCNC(=O)c3ccccc3F)CC2)c1. The summed E-state index contributed by atoms with van der Waals surface area (Å²) in [6.45, 7) is 2.90. The van der Waals surface area contributed by atoms with Crippen LogP contribution in [0.5, 0.6) is 5.75 Å². The number of piperazine rings is 1. The lowest BCUT2D eigenvalue weighted by Gasteiger charge is -2.36. The number of benzene rings is 2. The Morgan fingerprint density at radius 1 is 1.07 bits per heavy atom. The van der Waals surface area contributed by atoms with E-state index in [4.69, 9.17) is 4.74 Å². The Kier molecular flexibility index (Phi) is 6.47. The Morgan fingerprint density at radius 3 is 2.54 bits per heavy atom. The number of methoxy groups -OCH3 is 1. The molecule has 1 saturated heterocycles. The maximum atomic E-state index is 13.6. The van der Waals surface area contributed by atoms with E-state index < -0.39 is 11.7 Å². The molecule has 2 aromatic carbocycles. The lowest BCUT2D eigenvalue weighted by atomic mass is 10.2. The minimum absolute atomic E-state index is 0.0122. The summed E-state index contributed by atoms with van der Waals surface area (Å²) in [5.74, 6) is -0.283. The molecule has 0 saturated carbocycles. The monoisotopic (exact) mass is 385 g/mol. The van der Waals surface area contributed by atoms with Gasteiger partial charge >= 0.3 is 0 Å². The summed E-state index contributed by atoms with van der Waals surface area (Å²) in [6, 6.07) is 13.6. The van der Waals surface area contributed by atoms with Gasteiger partial charge in [-0.15, -0.1) is 0 Å². The number of ether oxygens (including phenoxy) is 1. The predicted octanol–water partition coefficient (Wildman–Crippen LogP) is 2.30. The van der Waals surface area contributed by atoms with Crippen LogP contribution in [-0.2, 0) is 4.79 Å². The number of carbonyl (C=O) groups is 2. The summed E-state index contributed by atoms with van der Waals surface area (Å²) in [6.07, 6.45) is 0.194. The van der Waals surface area contributed by atoms with E-state index in [1.807, 2.05) is 24.3 Å². The van der Waals surface area contributed by atoms with Gasteiger partial charge in [0, 0.05) is 50.9 Å². The lowest BCUT2D eigenvalue weighted by Crippen LogP contribution is -2.49. The van der Waals surface area contributed by atoms with Gasteiger partial charge in [0.15, 0.2) is 0 Å². The van der Waals surface area contributed by atoms with Crippen molar-refractivity contribution >= 4 is 17.5 Å². The molecular formula is C21H24FN3O3. The summed E-state index contributed by atoms with van der Waals surface area (Å²) in [5, 5.41) is 2.61. The second-order valence-electron chi connectivity index (χ2n) is 6.56. The van der Waals surface area contributed by atoms with Crippen LogP contribution in [0.1, 0.15) is 16.8 Å². The molecule has 2 amide bonds. The van der Waals surface area contributed by atoms with Crippen molar-refractivity contribution in [2.24, 2.45) is 0 Å². The molecule has 1 fully saturated rings. The van der Waals surface area contributed by atoms with Crippen molar-refractivity contribution in [3.63, 3.8) is 0 Å². The van der Waals surface area contributed by atoms with Gasteiger partial charge in [-0.2, -0.15) is 0 Å². The van der Waals surface area contributed by atoms with Crippen LogP contribution < -0.4 is 15.0 Å². The minimum atomic E-state index is -0.569. The van der Waals surface area contributed by atoms with Gasteiger partial charge in [0.05, 0.1) is 12.7 Å². The van der Waals surface area contributed by atoms with Crippen LogP contribution in [0.2, 0.25) is 0 Å². The number of hydrogen-bond donors (Lipinski definition) is 1. The number of rotatable bonds is 6. The number of anilines is 1. The first kappa shape index (κ1) is 19.7. The Hall–Kier alpha value is -3.09. The third-order valence-corrected chi connectivity index (χ3v) is 4.79. The number of nitrogens with zero attached hydrogens (tertiary/aromatic N) is 2. The standard InChI is InChI=1S/C21H24FN3O3/c1-28-17-6-4-5-16(15-17)24-11-13-25(14-12-24)20(26)9-10-23-21(27)18-7-2-3-8-19(18)22/h2-8,15H,9-14H2,1H3,(H,23,27). The molecule has 2 aromatic rings. The molecule has 0 bridgehead atoms. The van der Waals surface area contributed by atoms with Crippen molar-refractivity contribution in [2.75, 3.05) is 44.7 Å². The Morgan fingerprint density at radius 2 is 1.82 bits per heavy atom. The van der Waals surface area contributed by atoms with Crippen molar-refractivity contribution in [3.8, 4) is 5.75 Å². The molecule has 3 rings (SSSR count). The van der Waals surface area contributed by atoms with Crippen LogP contribution in [0.15, 0.2) is 48.5 Å². The first-order valence-corrected chi connectivity index (χ1v) is 9.28. The minimum Gasteiger partial charge on any atom is -0.497 e. The molecule has 1 aliphatic heterocycles. The molecule has 148 valence electrons. The van der Waals surface area contributed by atoms with Crippen molar-refractivity contribution < 1.29 is 18.7 Å². The normalized spacial score (nSPS) is 13.9. The number of carbonyl (C=O) groups excluding carboxylic acids is 2. The fraction of sp³-hybridized carbons (Fsp3) is 0.333. The van der Waals surface area contributed by atoms with E-state index in [0.717, 1.165) is 24.5 Å². The highest BCUT2D eigenvalue weighted by Crippen LogP contribution is 2.22. The summed E-state index contributed by atoms with van der Waals surface area (Å²) in [4.78, 5) is 28.4. The summed E-state index contributed by atoms with van der Waals surface area (Å²) in [5.41, 5.74) is 1.06. The van der Waals surface area contributed by atoms with Gasteiger partial charge in [0.25, 0.3) is 5.91 Å². The second kappa shape index (κ2) is 9.21. The molecular weight excluding hydrogens is 361 g/mol. The zero-order chi connectivity index (χ0) is 19.9. The molecule has 0 spiro atoms. The van der Waals surface area contributed by atoms with Gasteiger partial charge in [-0.3, -0.25) is 9.59 Å². The van der Waals surface area contributed by atoms with Crippen LogP contribution >= 0.6 is 0 Å². The fourth-order valence-corrected chi connectivity index (χ4v) is 3.20. The fourth-order valence-electron chi connectivity index (χ4n) is 3.20. The van der Waals surface area contributed by atoms with E-state index in [1.165, 1.54) is 18.2 Å². The third-order valence-electron chi connectivity index (χ3n) is 4.79. The highest BCUT2D eigenvalue weighted by atomic mass is 19.1. The van der Waals surface area contributed by atoms with Crippen LogP contribution in [0.25, 0.3) is 0 Å². The number of nitrogens with one attached hydrogen (secondary N) is 1. The van der Waals surface area contributed by atoms with E-state index in [-0.39, 0.29) is 24.4 Å². The van der Waals surface area contributed by atoms with Gasteiger partial charge < -0.3 is 19.9 Å². The lowest BCUT2D eigenvalue weighted by molar-refractivity contribution is -0.131. The van der Waals surface area contributed by atoms with E-state index >= 15 is 0 Å². The van der Waals surface area contributed by atoms with Crippen molar-refractivity contribution in [3.05, 3.63) is 59.9 Å².